The van der Waals surface area contributed by atoms with Crippen LogP contribution in [0.3, 0.4) is 0 Å². The molecule has 1 aliphatic heterocycles. The van der Waals surface area contributed by atoms with Crippen molar-refractivity contribution in [1.29, 1.82) is 0 Å². The summed E-state index contributed by atoms with van der Waals surface area (Å²) >= 11 is 0. The summed E-state index contributed by atoms with van der Waals surface area (Å²) in [5.41, 5.74) is 0. The number of piperazine rings is 1. The second-order valence-electron chi connectivity index (χ2n) is 6.50. The molecule has 6 nitrogen and oxygen atoms in total. The minimum absolute atomic E-state index is 0. The Hall–Kier alpha value is -1.04. The fraction of sp³-hybridized carbons (Fsp3) is 0.750. The Morgan fingerprint density at radius 1 is 1.23 bits per heavy atom. The fourth-order valence-electron chi connectivity index (χ4n) is 2.92. The van der Waals surface area contributed by atoms with Crippen LogP contribution in [-0.2, 0) is 6.54 Å². The smallest absolute Gasteiger partial charge is 0.356 e. The van der Waals surface area contributed by atoms with Crippen LogP contribution in [0.4, 0.5) is 13.2 Å². The molecular weight excluding hydrogens is 460 g/mol. The number of rotatable bonds is 5. The third kappa shape index (κ3) is 6.60. The lowest BCUT2D eigenvalue weighted by Gasteiger charge is -2.39. The van der Waals surface area contributed by atoms with Gasteiger partial charge in [0.25, 0.3) is 0 Å². The average Bonchev–Trinajstić information content (AvgIpc) is 3.07. The number of aromatic nitrogens is 2. The van der Waals surface area contributed by atoms with Gasteiger partial charge < -0.3 is 10.2 Å². The summed E-state index contributed by atoms with van der Waals surface area (Å²) < 4.78 is 40.3. The molecule has 2 rings (SSSR count). The van der Waals surface area contributed by atoms with E-state index in [2.05, 4.69) is 22.3 Å². The first-order valence-electron chi connectivity index (χ1n) is 8.55. The van der Waals surface area contributed by atoms with Gasteiger partial charge >= 0.3 is 6.18 Å². The van der Waals surface area contributed by atoms with E-state index >= 15 is 0 Å². The molecule has 1 N–H and O–H groups in total. The minimum atomic E-state index is -4.18. The number of hydrogen-bond acceptors (Lipinski definition) is 3. The number of guanidine groups is 1. The lowest BCUT2D eigenvalue weighted by atomic mass is 10.2. The predicted molar refractivity (Wildman–Crippen MR) is 107 cm³/mol. The van der Waals surface area contributed by atoms with Crippen molar-refractivity contribution in [2.45, 2.75) is 32.6 Å². The number of nitrogens with one attached hydrogen (secondary N) is 1. The molecule has 1 aromatic heterocycles. The molecule has 2 unspecified atom stereocenters. The summed E-state index contributed by atoms with van der Waals surface area (Å²) in [5, 5.41) is 7.51. The van der Waals surface area contributed by atoms with Gasteiger partial charge in [0.1, 0.15) is 6.04 Å². The van der Waals surface area contributed by atoms with Gasteiger partial charge in [-0.3, -0.25) is 14.6 Å². The van der Waals surface area contributed by atoms with E-state index in [9.17, 15) is 13.2 Å². The molecule has 0 aromatic carbocycles. The molecule has 1 saturated heterocycles. The number of hydrogen-bond donors (Lipinski definition) is 1. The van der Waals surface area contributed by atoms with E-state index in [4.69, 9.17) is 0 Å². The number of aliphatic imine (C=N–C) groups is 1. The van der Waals surface area contributed by atoms with Crippen molar-refractivity contribution < 1.29 is 13.2 Å². The molecule has 1 fully saturated rings. The Labute approximate surface area is 169 Å². The standard InChI is InChI=1S/C16H27F3N6.HI/c1-13(12-25-6-4-5-22-25)11-21-15(20-3)24-9-7-23(8-10-24)14(2)16(17,18)19;/h4-6,13-14H,7-12H2,1-3H3,(H,20,21);1H. The van der Waals surface area contributed by atoms with Crippen LogP contribution in [0.25, 0.3) is 0 Å². The highest BCUT2D eigenvalue weighted by molar-refractivity contribution is 14.0. The quantitative estimate of drug-likeness (QED) is 0.393. The summed E-state index contributed by atoms with van der Waals surface area (Å²) in [6.45, 7) is 6.69. The molecular formula is C16H28F3IN6. The SMILES string of the molecule is CN=C(NCC(C)Cn1cccn1)N1CCN(C(C)C(F)(F)F)CC1.I. The van der Waals surface area contributed by atoms with Crippen molar-refractivity contribution >= 4 is 29.9 Å². The second kappa shape index (κ2) is 10.3. The van der Waals surface area contributed by atoms with Gasteiger partial charge in [-0.25, -0.2) is 0 Å². The van der Waals surface area contributed by atoms with E-state index in [0.717, 1.165) is 19.0 Å². The first-order valence-corrected chi connectivity index (χ1v) is 8.55. The van der Waals surface area contributed by atoms with Crippen LogP contribution < -0.4 is 5.32 Å². The van der Waals surface area contributed by atoms with Crippen LogP contribution >= 0.6 is 24.0 Å². The monoisotopic (exact) mass is 488 g/mol. The van der Waals surface area contributed by atoms with Gasteiger partial charge in [0.15, 0.2) is 5.96 Å². The predicted octanol–water partition coefficient (Wildman–Crippen LogP) is 2.28. The average molecular weight is 488 g/mol. The Bertz CT molecular complexity index is 541. The lowest BCUT2D eigenvalue weighted by molar-refractivity contribution is -0.181. The lowest BCUT2D eigenvalue weighted by Crippen LogP contribution is -2.57. The van der Waals surface area contributed by atoms with Gasteiger partial charge in [-0.2, -0.15) is 18.3 Å². The van der Waals surface area contributed by atoms with Gasteiger partial charge in [0, 0.05) is 58.7 Å². The van der Waals surface area contributed by atoms with Crippen LogP contribution in [0.15, 0.2) is 23.5 Å². The third-order valence-corrected chi connectivity index (χ3v) is 4.51. The third-order valence-electron chi connectivity index (χ3n) is 4.51. The molecule has 150 valence electrons. The number of alkyl halides is 3. The highest BCUT2D eigenvalue weighted by Gasteiger charge is 2.41. The maximum absolute atomic E-state index is 12.8. The van der Waals surface area contributed by atoms with E-state index in [0.29, 0.717) is 32.1 Å². The molecule has 0 saturated carbocycles. The van der Waals surface area contributed by atoms with Crippen molar-refractivity contribution in [3.8, 4) is 0 Å². The summed E-state index contributed by atoms with van der Waals surface area (Å²) in [6, 6.07) is 0.485. The molecule has 1 aromatic rings. The fourth-order valence-corrected chi connectivity index (χ4v) is 2.92. The molecule has 0 amide bonds. The molecule has 10 heteroatoms. The Balaban J connectivity index is 0.00000338. The van der Waals surface area contributed by atoms with Crippen LogP contribution in [0.5, 0.6) is 0 Å². The summed E-state index contributed by atoms with van der Waals surface area (Å²) in [4.78, 5) is 7.76. The van der Waals surface area contributed by atoms with Crippen LogP contribution in [0.2, 0.25) is 0 Å². The molecule has 0 bridgehead atoms. The Kier molecular flexibility index (Phi) is 9.14. The van der Waals surface area contributed by atoms with E-state index in [1.807, 2.05) is 21.8 Å². The first kappa shape index (κ1) is 23.0. The molecule has 0 spiro atoms. The molecule has 0 radical (unpaired) electrons. The summed E-state index contributed by atoms with van der Waals surface area (Å²) in [7, 11) is 1.70. The highest BCUT2D eigenvalue weighted by atomic mass is 127. The topological polar surface area (TPSA) is 48.7 Å². The maximum Gasteiger partial charge on any atom is 0.403 e. The largest absolute Gasteiger partial charge is 0.403 e. The van der Waals surface area contributed by atoms with Gasteiger partial charge in [0.05, 0.1) is 0 Å². The van der Waals surface area contributed by atoms with Crippen molar-refractivity contribution in [1.82, 2.24) is 24.9 Å². The zero-order valence-electron chi connectivity index (χ0n) is 15.4. The second-order valence-corrected chi connectivity index (χ2v) is 6.50. The van der Waals surface area contributed by atoms with Gasteiger partial charge in [-0.05, 0) is 18.9 Å². The Morgan fingerprint density at radius 2 is 1.88 bits per heavy atom. The molecule has 1 aliphatic rings. The van der Waals surface area contributed by atoms with Gasteiger partial charge in [-0.1, -0.05) is 6.92 Å². The molecule has 2 atom stereocenters. The zero-order valence-corrected chi connectivity index (χ0v) is 17.7. The van der Waals surface area contributed by atoms with Gasteiger partial charge in [-0.15, -0.1) is 24.0 Å². The number of nitrogens with zero attached hydrogens (tertiary/aromatic N) is 5. The normalized spacial score (nSPS) is 19.0. The molecule has 2 heterocycles. The Morgan fingerprint density at radius 3 is 2.38 bits per heavy atom. The van der Waals surface area contributed by atoms with Crippen LogP contribution in [0, 0.1) is 5.92 Å². The molecule has 26 heavy (non-hydrogen) atoms. The van der Waals surface area contributed by atoms with E-state index < -0.39 is 12.2 Å². The first-order chi connectivity index (χ1) is 11.8. The van der Waals surface area contributed by atoms with Crippen molar-refractivity contribution in [2.75, 3.05) is 39.8 Å². The zero-order chi connectivity index (χ0) is 18.4. The number of halogens is 4. The van der Waals surface area contributed by atoms with E-state index in [1.165, 1.54) is 11.8 Å². The van der Waals surface area contributed by atoms with Crippen molar-refractivity contribution in [3.63, 3.8) is 0 Å². The van der Waals surface area contributed by atoms with Gasteiger partial charge in [0.2, 0.25) is 0 Å². The summed E-state index contributed by atoms with van der Waals surface area (Å²) in [5.74, 6) is 1.09. The van der Waals surface area contributed by atoms with Crippen molar-refractivity contribution in [2.24, 2.45) is 10.9 Å². The van der Waals surface area contributed by atoms with Crippen molar-refractivity contribution in [3.05, 3.63) is 18.5 Å². The van der Waals surface area contributed by atoms with Crippen LogP contribution in [-0.4, -0.2) is 77.5 Å². The highest BCUT2D eigenvalue weighted by Crippen LogP contribution is 2.25. The van der Waals surface area contributed by atoms with E-state index in [1.54, 1.807) is 13.2 Å². The molecule has 0 aliphatic carbocycles. The maximum atomic E-state index is 12.8. The summed E-state index contributed by atoms with van der Waals surface area (Å²) in [6.07, 6.45) is -0.503. The van der Waals surface area contributed by atoms with E-state index in [-0.39, 0.29) is 24.0 Å². The minimum Gasteiger partial charge on any atom is -0.356 e. The van der Waals surface area contributed by atoms with Crippen LogP contribution in [0.1, 0.15) is 13.8 Å².